The van der Waals surface area contributed by atoms with Crippen molar-refractivity contribution < 1.29 is 4.43 Å². The van der Waals surface area contributed by atoms with Crippen LogP contribution in [0.4, 0.5) is 0 Å². The van der Waals surface area contributed by atoms with Gasteiger partial charge in [0.2, 0.25) is 0 Å². The van der Waals surface area contributed by atoms with Gasteiger partial charge in [0.25, 0.3) is 0 Å². The average molecular weight is 293 g/mol. The number of hydrogen-bond donors (Lipinski definition) is 0. The predicted molar refractivity (Wildman–Crippen MR) is 86.2 cm³/mol. The van der Waals surface area contributed by atoms with E-state index >= 15 is 0 Å². The molecule has 1 nitrogen and oxygen atoms in total. The first-order valence-electron chi connectivity index (χ1n) is 7.80. The smallest absolute Gasteiger partial charge is 0.186 e. The molecule has 110 valence electrons. The van der Waals surface area contributed by atoms with Gasteiger partial charge in [0.05, 0.1) is 0 Å². The monoisotopic (exact) mass is 292 g/mol. The molecule has 3 heteroatoms. The highest BCUT2D eigenvalue weighted by atomic mass is 35.5. The average Bonchev–Trinajstić information content (AvgIpc) is 2.36. The standard InChI is InChI=1S/C15H33ClOSi/c1-5-15(16)13-11-9-7-8-10-12-14-17-18(3,4)6-2/h15H,5-14H2,1-4H3. The number of hydrogen-bond acceptors (Lipinski definition) is 1. The summed E-state index contributed by atoms with van der Waals surface area (Å²) in [5, 5.41) is 0.402. The van der Waals surface area contributed by atoms with Crippen LogP contribution in [-0.2, 0) is 4.43 Å². The first kappa shape index (κ1) is 18.5. The Morgan fingerprint density at radius 3 is 2.06 bits per heavy atom. The third-order valence-electron chi connectivity index (χ3n) is 3.70. The van der Waals surface area contributed by atoms with Crippen molar-refractivity contribution in [1.29, 1.82) is 0 Å². The SMILES string of the molecule is CCC(Cl)CCCCCCCCO[Si](C)(C)CC. The van der Waals surface area contributed by atoms with E-state index in [9.17, 15) is 0 Å². The van der Waals surface area contributed by atoms with Crippen molar-refractivity contribution in [2.75, 3.05) is 6.61 Å². The van der Waals surface area contributed by atoms with Crippen molar-refractivity contribution in [1.82, 2.24) is 0 Å². The van der Waals surface area contributed by atoms with Crippen LogP contribution < -0.4 is 0 Å². The van der Waals surface area contributed by atoms with Crippen LogP contribution >= 0.6 is 11.6 Å². The van der Waals surface area contributed by atoms with Crippen molar-refractivity contribution in [3.8, 4) is 0 Å². The van der Waals surface area contributed by atoms with Crippen LogP contribution in [0.1, 0.15) is 65.2 Å². The van der Waals surface area contributed by atoms with Gasteiger partial charge in [-0.05, 0) is 38.4 Å². The zero-order valence-electron chi connectivity index (χ0n) is 12.9. The second kappa shape index (κ2) is 11.3. The van der Waals surface area contributed by atoms with Gasteiger partial charge < -0.3 is 4.43 Å². The zero-order valence-corrected chi connectivity index (χ0v) is 14.7. The Morgan fingerprint density at radius 1 is 0.944 bits per heavy atom. The molecule has 0 saturated heterocycles. The lowest BCUT2D eigenvalue weighted by Crippen LogP contribution is -2.29. The Labute approximate surface area is 121 Å². The second-order valence-electron chi connectivity index (χ2n) is 5.88. The van der Waals surface area contributed by atoms with Gasteiger partial charge in [-0.3, -0.25) is 0 Å². The summed E-state index contributed by atoms with van der Waals surface area (Å²) < 4.78 is 5.97. The third-order valence-corrected chi connectivity index (χ3v) is 6.91. The van der Waals surface area contributed by atoms with E-state index in [1.54, 1.807) is 0 Å². The van der Waals surface area contributed by atoms with Crippen LogP contribution in [0.5, 0.6) is 0 Å². The largest absolute Gasteiger partial charge is 0.417 e. The van der Waals surface area contributed by atoms with Gasteiger partial charge in [-0.15, -0.1) is 11.6 Å². The quantitative estimate of drug-likeness (QED) is 0.244. The fraction of sp³-hybridized carbons (Fsp3) is 1.00. The zero-order chi connectivity index (χ0) is 13.9. The Kier molecular flexibility index (Phi) is 11.6. The highest BCUT2D eigenvalue weighted by Gasteiger charge is 2.18. The molecule has 0 amide bonds. The van der Waals surface area contributed by atoms with E-state index in [4.69, 9.17) is 16.0 Å². The van der Waals surface area contributed by atoms with Gasteiger partial charge in [-0.2, -0.15) is 0 Å². The number of halogens is 1. The van der Waals surface area contributed by atoms with E-state index < -0.39 is 8.32 Å². The summed E-state index contributed by atoms with van der Waals surface area (Å²) in [5.41, 5.74) is 0. The molecule has 0 fully saturated rings. The van der Waals surface area contributed by atoms with Crippen molar-refractivity contribution >= 4 is 19.9 Å². The van der Waals surface area contributed by atoms with Gasteiger partial charge in [0.1, 0.15) is 0 Å². The van der Waals surface area contributed by atoms with Gasteiger partial charge in [0.15, 0.2) is 8.32 Å². The maximum Gasteiger partial charge on any atom is 0.186 e. The van der Waals surface area contributed by atoms with Crippen LogP contribution in [0.2, 0.25) is 19.1 Å². The normalized spacial score (nSPS) is 13.8. The molecule has 0 saturated carbocycles. The van der Waals surface area contributed by atoms with Gasteiger partial charge in [-0.25, -0.2) is 0 Å². The van der Waals surface area contributed by atoms with Crippen LogP contribution in [0.3, 0.4) is 0 Å². The molecule has 0 aromatic rings. The summed E-state index contributed by atoms with van der Waals surface area (Å²) in [6, 6.07) is 1.23. The molecule has 1 unspecified atom stereocenters. The first-order chi connectivity index (χ1) is 8.52. The second-order valence-corrected chi connectivity index (χ2v) is 11.0. The molecule has 0 aromatic heterocycles. The lowest BCUT2D eigenvalue weighted by Gasteiger charge is -2.20. The molecule has 0 bridgehead atoms. The van der Waals surface area contributed by atoms with E-state index in [0.717, 1.165) is 13.0 Å². The first-order valence-corrected chi connectivity index (χ1v) is 11.3. The van der Waals surface area contributed by atoms with E-state index in [1.165, 1.54) is 51.0 Å². The minimum atomic E-state index is -1.29. The highest BCUT2D eigenvalue weighted by Crippen LogP contribution is 2.15. The molecule has 0 rings (SSSR count). The van der Waals surface area contributed by atoms with E-state index in [2.05, 4.69) is 26.9 Å². The van der Waals surface area contributed by atoms with E-state index in [-0.39, 0.29) is 0 Å². The van der Waals surface area contributed by atoms with E-state index in [0.29, 0.717) is 5.38 Å². The van der Waals surface area contributed by atoms with Gasteiger partial charge in [0, 0.05) is 12.0 Å². The molecule has 18 heavy (non-hydrogen) atoms. The maximum absolute atomic E-state index is 6.09. The summed E-state index contributed by atoms with van der Waals surface area (Å²) in [7, 11) is -1.29. The Hall–Kier alpha value is 0.467. The van der Waals surface area contributed by atoms with Crippen LogP contribution in [0.25, 0.3) is 0 Å². The highest BCUT2D eigenvalue weighted by molar-refractivity contribution is 6.71. The molecule has 0 spiro atoms. The maximum atomic E-state index is 6.09. The lowest BCUT2D eigenvalue weighted by molar-refractivity contribution is 0.294. The van der Waals surface area contributed by atoms with Crippen molar-refractivity contribution in [3.63, 3.8) is 0 Å². The molecular weight excluding hydrogens is 260 g/mol. The topological polar surface area (TPSA) is 9.23 Å². The molecule has 0 radical (unpaired) electrons. The van der Waals surface area contributed by atoms with E-state index in [1.807, 2.05) is 0 Å². The minimum absolute atomic E-state index is 0.402. The molecule has 0 aliphatic heterocycles. The summed E-state index contributed by atoms with van der Waals surface area (Å²) in [4.78, 5) is 0. The minimum Gasteiger partial charge on any atom is -0.417 e. The fourth-order valence-electron chi connectivity index (χ4n) is 1.83. The Balaban J connectivity index is 3.17. The van der Waals surface area contributed by atoms with Crippen molar-refractivity contribution in [2.24, 2.45) is 0 Å². The van der Waals surface area contributed by atoms with Crippen molar-refractivity contribution in [2.45, 2.75) is 89.7 Å². The molecule has 0 heterocycles. The van der Waals surface area contributed by atoms with Crippen molar-refractivity contribution in [3.05, 3.63) is 0 Å². The number of unbranched alkanes of at least 4 members (excludes halogenated alkanes) is 5. The summed E-state index contributed by atoms with van der Waals surface area (Å²) in [6.45, 7) is 10.0. The Bertz CT molecular complexity index is 185. The van der Waals surface area contributed by atoms with Crippen LogP contribution in [0.15, 0.2) is 0 Å². The van der Waals surface area contributed by atoms with Gasteiger partial charge in [-0.1, -0.05) is 46.0 Å². The number of rotatable bonds is 12. The molecule has 0 aromatic carbocycles. The molecule has 0 aliphatic rings. The van der Waals surface area contributed by atoms with Crippen LogP contribution in [-0.4, -0.2) is 20.3 Å². The number of alkyl halides is 1. The molecule has 1 atom stereocenters. The predicted octanol–water partition coefficient (Wildman–Crippen LogP) is 5.98. The molecule has 0 N–H and O–H groups in total. The Morgan fingerprint density at radius 2 is 1.50 bits per heavy atom. The van der Waals surface area contributed by atoms with Gasteiger partial charge >= 0.3 is 0 Å². The summed E-state index contributed by atoms with van der Waals surface area (Å²) in [5.74, 6) is 0. The summed E-state index contributed by atoms with van der Waals surface area (Å²) in [6.07, 6.45) is 10.2. The summed E-state index contributed by atoms with van der Waals surface area (Å²) >= 11 is 6.09. The molecular formula is C15H33ClOSi. The fourth-order valence-corrected chi connectivity index (χ4v) is 2.88. The lowest BCUT2D eigenvalue weighted by atomic mass is 10.1. The third kappa shape index (κ3) is 11.6. The molecule has 0 aliphatic carbocycles. The van der Waals surface area contributed by atoms with Crippen LogP contribution in [0, 0.1) is 0 Å².